The van der Waals surface area contributed by atoms with Gasteiger partial charge in [-0.15, -0.1) is 11.3 Å². The molecule has 1 aliphatic carbocycles. The third kappa shape index (κ3) is 3.30. The van der Waals surface area contributed by atoms with Crippen molar-refractivity contribution in [1.82, 2.24) is 10.3 Å². The minimum absolute atomic E-state index is 0.0631. The van der Waals surface area contributed by atoms with E-state index in [1.165, 1.54) is 11.3 Å². The van der Waals surface area contributed by atoms with E-state index in [2.05, 4.69) is 10.3 Å². The van der Waals surface area contributed by atoms with Gasteiger partial charge in [-0.05, 0) is 25.7 Å². The number of hydrogen-bond acceptors (Lipinski definition) is 5. The van der Waals surface area contributed by atoms with Crippen LogP contribution in [0.4, 0.5) is 0 Å². The molecule has 1 atom stereocenters. The summed E-state index contributed by atoms with van der Waals surface area (Å²) >= 11 is 1.24. The van der Waals surface area contributed by atoms with E-state index in [-0.39, 0.29) is 11.8 Å². The van der Waals surface area contributed by atoms with Gasteiger partial charge in [0.05, 0.1) is 12.3 Å². The van der Waals surface area contributed by atoms with Crippen LogP contribution < -0.4 is 5.32 Å². The first-order chi connectivity index (χ1) is 9.02. The smallest absolute Gasteiger partial charge is 0.326 e. The summed E-state index contributed by atoms with van der Waals surface area (Å²) in [5.41, 5.74) is 0.606. The molecule has 0 aliphatic heterocycles. The van der Waals surface area contributed by atoms with Crippen LogP contribution in [-0.4, -0.2) is 35.1 Å². The molecule has 0 saturated heterocycles. The molecule has 6 nitrogen and oxygen atoms in total. The number of aromatic nitrogens is 1. The molecular formula is C12H16N2O4S. The SMILES string of the molecule is COCc1nc(C)c(C(=O)NC(C(=O)O)C2CC2)s1. The van der Waals surface area contributed by atoms with Gasteiger partial charge in [0, 0.05) is 7.11 Å². The van der Waals surface area contributed by atoms with E-state index in [0.717, 1.165) is 12.8 Å². The normalized spacial score (nSPS) is 16.1. The third-order valence-electron chi connectivity index (χ3n) is 2.96. The second-order valence-corrected chi connectivity index (χ2v) is 5.67. The Balaban J connectivity index is 2.08. The number of hydrogen-bond donors (Lipinski definition) is 2. The molecule has 1 amide bonds. The molecule has 7 heteroatoms. The largest absolute Gasteiger partial charge is 0.480 e. The van der Waals surface area contributed by atoms with Crippen molar-refractivity contribution in [2.45, 2.75) is 32.4 Å². The number of nitrogens with zero attached hydrogens (tertiary/aromatic N) is 1. The highest BCUT2D eigenvalue weighted by atomic mass is 32.1. The maximum absolute atomic E-state index is 12.1. The summed E-state index contributed by atoms with van der Waals surface area (Å²) in [6, 6.07) is -0.792. The standard InChI is InChI=1S/C12H16N2O4S/c1-6-10(19-8(13-6)5-18-2)11(15)14-9(12(16)17)7-3-4-7/h7,9H,3-5H2,1-2H3,(H,14,15)(H,16,17). The van der Waals surface area contributed by atoms with E-state index in [1.54, 1.807) is 14.0 Å². The minimum atomic E-state index is -0.977. The van der Waals surface area contributed by atoms with Crippen molar-refractivity contribution >= 4 is 23.2 Å². The number of nitrogens with one attached hydrogen (secondary N) is 1. The van der Waals surface area contributed by atoms with Gasteiger partial charge < -0.3 is 15.2 Å². The van der Waals surface area contributed by atoms with Gasteiger partial charge in [-0.3, -0.25) is 4.79 Å². The van der Waals surface area contributed by atoms with Crippen molar-refractivity contribution in [2.24, 2.45) is 5.92 Å². The molecule has 1 saturated carbocycles. The van der Waals surface area contributed by atoms with Crippen molar-refractivity contribution < 1.29 is 19.4 Å². The van der Waals surface area contributed by atoms with E-state index in [4.69, 9.17) is 9.84 Å². The lowest BCUT2D eigenvalue weighted by atomic mass is 10.2. The van der Waals surface area contributed by atoms with Crippen LogP contribution in [0.25, 0.3) is 0 Å². The molecule has 1 unspecified atom stereocenters. The zero-order chi connectivity index (χ0) is 14.0. The van der Waals surface area contributed by atoms with Gasteiger partial charge in [-0.25, -0.2) is 9.78 Å². The number of carboxylic acid groups (broad SMARTS) is 1. The Bertz CT molecular complexity index is 496. The Morgan fingerprint density at radius 1 is 1.58 bits per heavy atom. The summed E-state index contributed by atoms with van der Waals surface area (Å²) in [7, 11) is 1.56. The molecule has 0 bridgehead atoms. The first-order valence-electron chi connectivity index (χ1n) is 6.01. The van der Waals surface area contributed by atoms with E-state index in [9.17, 15) is 9.59 Å². The highest BCUT2D eigenvalue weighted by Gasteiger charge is 2.37. The summed E-state index contributed by atoms with van der Waals surface area (Å²) in [4.78, 5) is 27.9. The molecule has 2 rings (SSSR count). The summed E-state index contributed by atoms with van der Waals surface area (Å²) in [5.74, 6) is -1.28. The molecule has 0 spiro atoms. The van der Waals surface area contributed by atoms with Crippen molar-refractivity contribution in [3.8, 4) is 0 Å². The monoisotopic (exact) mass is 284 g/mol. The average Bonchev–Trinajstić information content (AvgIpc) is 3.10. The average molecular weight is 284 g/mol. The van der Waals surface area contributed by atoms with E-state index in [0.29, 0.717) is 22.2 Å². The van der Waals surface area contributed by atoms with E-state index >= 15 is 0 Å². The number of ether oxygens (including phenoxy) is 1. The molecule has 1 fully saturated rings. The Kier molecular flexibility index (Phi) is 4.16. The number of rotatable bonds is 6. The molecule has 1 aromatic rings. The predicted molar refractivity (Wildman–Crippen MR) is 69.2 cm³/mol. The lowest BCUT2D eigenvalue weighted by Crippen LogP contribution is -2.42. The zero-order valence-corrected chi connectivity index (χ0v) is 11.6. The fraction of sp³-hybridized carbons (Fsp3) is 0.583. The molecule has 0 radical (unpaired) electrons. The van der Waals surface area contributed by atoms with Gasteiger partial charge in [-0.1, -0.05) is 0 Å². The van der Waals surface area contributed by atoms with Gasteiger partial charge in [0.25, 0.3) is 5.91 Å². The van der Waals surface area contributed by atoms with Crippen molar-refractivity contribution in [2.75, 3.05) is 7.11 Å². The van der Waals surface area contributed by atoms with Crippen LogP contribution in [0.2, 0.25) is 0 Å². The fourth-order valence-corrected chi connectivity index (χ4v) is 2.81. The second-order valence-electron chi connectivity index (χ2n) is 4.58. The van der Waals surface area contributed by atoms with Gasteiger partial charge >= 0.3 is 5.97 Å². The molecule has 19 heavy (non-hydrogen) atoms. The van der Waals surface area contributed by atoms with Crippen LogP contribution in [-0.2, 0) is 16.1 Å². The lowest BCUT2D eigenvalue weighted by molar-refractivity contribution is -0.139. The Hall–Kier alpha value is -1.47. The molecular weight excluding hydrogens is 268 g/mol. The van der Waals surface area contributed by atoms with Crippen LogP contribution in [0, 0.1) is 12.8 Å². The van der Waals surface area contributed by atoms with Crippen LogP contribution in [0.15, 0.2) is 0 Å². The summed E-state index contributed by atoms with van der Waals surface area (Å²) in [6.07, 6.45) is 1.71. The van der Waals surface area contributed by atoms with E-state index < -0.39 is 12.0 Å². The molecule has 104 valence electrons. The summed E-state index contributed by atoms with van der Waals surface area (Å²) in [6.45, 7) is 2.08. The maximum Gasteiger partial charge on any atom is 0.326 e. The van der Waals surface area contributed by atoms with Crippen molar-refractivity contribution in [1.29, 1.82) is 0 Å². The van der Waals surface area contributed by atoms with Crippen molar-refractivity contribution in [3.63, 3.8) is 0 Å². The fourth-order valence-electron chi connectivity index (χ4n) is 1.87. The van der Waals surface area contributed by atoms with Crippen LogP contribution in [0.1, 0.15) is 33.2 Å². The number of thiazole rings is 1. The Labute approximate surface area is 114 Å². The third-order valence-corrected chi connectivity index (χ3v) is 4.09. The van der Waals surface area contributed by atoms with E-state index in [1.807, 2.05) is 0 Å². The highest BCUT2D eigenvalue weighted by Crippen LogP contribution is 2.33. The lowest BCUT2D eigenvalue weighted by Gasteiger charge is -2.12. The number of methoxy groups -OCH3 is 1. The first kappa shape index (κ1) is 14.0. The van der Waals surface area contributed by atoms with Gasteiger partial charge in [0.1, 0.15) is 15.9 Å². The number of amides is 1. The Morgan fingerprint density at radius 2 is 2.26 bits per heavy atom. The molecule has 1 aliphatic rings. The maximum atomic E-state index is 12.1. The van der Waals surface area contributed by atoms with Crippen LogP contribution in [0.5, 0.6) is 0 Å². The molecule has 0 aromatic carbocycles. The quantitative estimate of drug-likeness (QED) is 0.819. The molecule has 1 heterocycles. The number of carbonyl (C=O) groups is 2. The number of carbonyl (C=O) groups excluding carboxylic acids is 1. The second kappa shape index (κ2) is 5.66. The summed E-state index contributed by atoms with van der Waals surface area (Å²) < 4.78 is 4.97. The van der Waals surface area contributed by atoms with Crippen LogP contribution >= 0.6 is 11.3 Å². The predicted octanol–water partition coefficient (Wildman–Crippen LogP) is 1.19. The minimum Gasteiger partial charge on any atom is -0.480 e. The zero-order valence-electron chi connectivity index (χ0n) is 10.8. The van der Waals surface area contributed by atoms with Gasteiger partial charge in [-0.2, -0.15) is 0 Å². The number of aryl methyl sites for hydroxylation is 1. The number of aliphatic carboxylic acids is 1. The first-order valence-corrected chi connectivity index (χ1v) is 6.83. The Morgan fingerprint density at radius 3 is 2.79 bits per heavy atom. The summed E-state index contributed by atoms with van der Waals surface area (Å²) in [5, 5.41) is 12.4. The van der Waals surface area contributed by atoms with Gasteiger partial charge in [0.15, 0.2) is 0 Å². The van der Waals surface area contributed by atoms with Crippen molar-refractivity contribution in [3.05, 3.63) is 15.6 Å². The molecule has 1 aromatic heterocycles. The topological polar surface area (TPSA) is 88.5 Å². The highest BCUT2D eigenvalue weighted by molar-refractivity contribution is 7.13. The number of carboxylic acids is 1. The molecule has 2 N–H and O–H groups in total. The van der Waals surface area contributed by atoms with Gasteiger partial charge in [0.2, 0.25) is 0 Å². The van der Waals surface area contributed by atoms with Crippen LogP contribution in [0.3, 0.4) is 0 Å².